The Kier molecular flexibility index (Phi) is 15.4. The standard InChI is InChI=1S/C25H33BrN4O.C19H28BrN3O/c1-19-16-30(20(2)15-29(19)18-23-5-3-4-6-24(23)26)25(31)22-9-13-28(14-10-22)17-21-7-11-27-12-8-21;1-14-12-23(19(24)16-7-9-21-10-8-16)15(2)11-22(14)13-17-5-3-4-6-18(17)20/h3-8,11-12,19-20,22H,9-10,13-18H2,1-2H3;3-6,14-16,21H,7-13H2,1-2H3. The van der Waals surface area contributed by atoms with Crippen LogP contribution < -0.4 is 5.32 Å². The molecule has 0 saturated carbocycles. The van der Waals surface area contributed by atoms with Gasteiger partial charge in [0.15, 0.2) is 0 Å². The minimum absolute atomic E-state index is 0.165. The first-order chi connectivity index (χ1) is 26.6. The third-order valence-electron chi connectivity index (χ3n) is 12.2. The average Bonchev–Trinajstić information content (AvgIpc) is 3.20. The van der Waals surface area contributed by atoms with Crippen LogP contribution >= 0.6 is 31.9 Å². The summed E-state index contributed by atoms with van der Waals surface area (Å²) in [6.07, 6.45) is 7.59. The molecule has 298 valence electrons. The second-order valence-electron chi connectivity index (χ2n) is 16.3. The van der Waals surface area contributed by atoms with E-state index in [1.807, 2.05) is 12.4 Å². The zero-order valence-corrected chi connectivity index (χ0v) is 36.4. The van der Waals surface area contributed by atoms with Crippen LogP contribution in [0.2, 0.25) is 0 Å². The molecule has 4 saturated heterocycles. The molecular weight excluding hydrogens is 818 g/mol. The fourth-order valence-electron chi connectivity index (χ4n) is 8.76. The lowest BCUT2D eigenvalue weighted by atomic mass is 9.93. The zero-order chi connectivity index (χ0) is 38.9. The number of nitrogens with one attached hydrogen (secondary N) is 1. The van der Waals surface area contributed by atoms with Gasteiger partial charge in [-0.05, 0) is 121 Å². The lowest BCUT2D eigenvalue weighted by molar-refractivity contribution is -0.143. The minimum Gasteiger partial charge on any atom is -0.337 e. The molecule has 0 radical (unpaired) electrons. The van der Waals surface area contributed by atoms with Crippen molar-refractivity contribution in [1.29, 1.82) is 0 Å². The van der Waals surface area contributed by atoms with Gasteiger partial charge >= 0.3 is 0 Å². The summed E-state index contributed by atoms with van der Waals surface area (Å²) in [5.41, 5.74) is 3.92. The van der Waals surface area contributed by atoms with Crippen molar-refractivity contribution in [2.75, 3.05) is 52.4 Å². The van der Waals surface area contributed by atoms with Gasteiger partial charge < -0.3 is 15.1 Å². The summed E-state index contributed by atoms with van der Waals surface area (Å²) < 4.78 is 2.32. The first kappa shape index (κ1) is 41.9. The maximum absolute atomic E-state index is 13.4. The SMILES string of the molecule is CC1CN(C(=O)C2CCN(Cc3ccncc3)CC2)C(C)CN1Cc1ccccc1Br.CC1CN(C(=O)C2CCNCC2)C(C)CN1Cc1ccccc1Br. The predicted octanol–water partition coefficient (Wildman–Crippen LogP) is 7.05. The monoisotopic (exact) mass is 877 g/mol. The number of carbonyl (C=O) groups is 2. The molecule has 9 nitrogen and oxygen atoms in total. The van der Waals surface area contributed by atoms with E-state index in [-0.39, 0.29) is 23.9 Å². The van der Waals surface area contributed by atoms with E-state index in [1.165, 1.54) is 16.7 Å². The van der Waals surface area contributed by atoms with Crippen molar-refractivity contribution in [3.8, 4) is 0 Å². The van der Waals surface area contributed by atoms with Crippen LogP contribution in [0.15, 0.2) is 82.0 Å². The second-order valence-corrected chi connectivity index (χ2v) is 18.1. The number of benzene rings is 2. The topological polar surface area (TPSA) is 75.3 Å². The molecule has 2 aromatic carbocycles. The molecule has 4 fully saturated rings. The van der Waals surface area contributed by atoms with E-state index in [1.54, 1.807) is 0 Å². The van der Waals surface area contributed by atoms with E-state index in [0.29, 0.717) is 23.9 Å². The molecule has 11 heteroatoms. The molecule has 0 bridgehead atoms. The van der Waals surface area contributed by atoms with Crippen LogP contribution in [0.5, 0.6) is 0 Å². The number of carbonyl (C=O) groups excluding carboxylic acids is 2. The summed E-state index contributed by atoms with van der Waals surface area (Å²) in [7, 11) is 0. The molecule has 3 aromatic rings. The van der Waals surface area contributed by atoms with E-state index < -0.39 is 0 Å². The molecule has 4 atom stereocenters. The Balaban J connectivity index is 0.000000193. The lowest BCUT2D eigenvalue weighted by Gasteiger charge is -2.46. The van der Waals surface area contributed by atoms with E-state index in [4.69, 9.17) is 0 Å². The molecule has 1 aromatic heterocycles. The first-order valence-corrected chi connectivity index (χ1v) is 22.0. The van der Waals surface area contributed by atoms with Crippen LogP contribution in [0.4, 0.5) is 0 Å². The Morgan fingerprint density at radius 2 is 1.07 bits per heavy atom. The van der Waals surface area contributed by atoms with Crippen LogP contribution in [0.3, 0.4) is 0 Å². The van der Waals surface area contributed by atoms with E-state index in [2.05, 4.69) is 155 Å². The highest BCUT2D eigenvalue weighted by atomic mass is 79.9. The molecule has 0 aliphatic carbocycles. The Bertz CT molecular complexity index is 1680. The number of hydrogen-bond donors (Lipinski definition) is 1. The smallest absolute Gasteiger partial charge is 0.226 e. The molecule has 4 aliphatic rings. The summed E-state index contributed by atoms with van der Waals surface area (Å²) in [4.78, 5) is 42.1. The lowest BCUT2D eigenvalue weighted by Crippen LogP contribution is -2.59. The zero-order valence-electron chi connectivity index (χ0n) is 33.3. The number of hydrogen-bond acceptors (Lipinski definition) is 7. The van der Waals surface area contributed by atoms with Gasteiger partial charge in [-0.15, -0.1) is 0 Å². The van der Waals surface area contributed by atoms with E-state index >= 15 is 0 Å². The molecule has 4 unspecified atom stereocenters. The number of amides is 2. The number of pyridine rings is 1. The van der Waals surface area contributed by atoms with E-state index in [0.717, 1.165) is 107 Å². The number of halogens is 2. The van der Waals surface area contributed by atoms with Gasteiger partial charge in [-0.1, -0.05) is 68.3 Å². The van der Waals surface area contributed by atoms with Crippen molar-refractivity contribution >= 4 is 43.7 Å². The van der Waals surface area contributed by atoms with Gasteiger partial charge in [0.2, 0.25) is 11.8 Å². The Morgan fingerprint density at radius 1 is 0.618 bits per heavy atom. The van der Waals surface area contributed by atoms with Crippen LogP contribution in [0.1, 0.15) is 70.1 Å². The molecular formula is C44H61Br2N7O2. The maximum atomic E-state index is 13.4. The number of rotatable bonds is 8. The van der Waals surface area contributed by atoms with Gasteiger partial charge in [-0.25, -0.2) is 0 Å². The average molecular weight is 880 g/mol. The number of piperidine rings is 2. The highest BCUT2D eigenvalue weighted by Crippen LogP contribution is 2.28. The molecule has 4 aliphatic heterocycles. The van der Waals surface area contributed by atoms with Gasteiger partial charge in [0.05, 0.1) is 0 Å². The fourth-order valence-corrected chi connectivity index (χ4v) is 9.58. The Labute approximate surface area is 346 Å². The van der Waals surface area contributed by atoms with Crippen molar-refractivity contribution in [2.24, 2.45) is 11.8 Å². The number of likely N-dealkylation sites (tertiary alicyclic amines) is 1. The van der Waals surface area contributed by atoms with Crippen molar-refractivity contribution < 1.29 is 9.59 Å². The van der Waals surface area contributed by atoms with Crippen LogP contribution in [-0.2, 0) is 29.2 Å². The van der Waals surface area contributed by atoms with Gasteiger partial charge in [0.1, 0.15) is 0 Å². The van der Waals surface area contributed by atoms with Crippen LogP contribution in [-0.4, -0.2) is 118 Å². The number of nitrogens with zero attached hydrogens (tertiary/aromatic N) is 6. The summed E-state index contributed by atoms with van der Waals surface area (Å²) in [6, 6.07) is 22.3. The summed E-state index contributed by atoms with van der Waals surface area (Å²) in [5, 5.41) is 3.35. The fraction of sp³-hybridized carbons (Fsp3) is 0.568. The molecule has 2 amide bonds. The Hall–Kier alpha value is -2.67. The molecule has 7 rings (SSSR count). The largest absolute Gasteiger partial charge is 0.337 e. The predicted molar refractivity (Wildman–Crippen MR) is 228 cm³/mol. The van der Waals surface area contributed by atoms with Gasteiger partial charge in [-0.3, -0.25) is 29.3 Å². The molecule has 5 heterocycles. The minimum atomic E-state index is 0.165. The summed E-state index contributed by atoms with van der Waals surface area (Å²) in [5.74, 6) is 1.12. The molecule has 0 spiro atoms. The van der Waals surface area contributed by atoms with Gasteiger partial charge in [-0.2, -0.15) is 0 Å². The third kappa shape index (κ3) is 11.3. The number of piperazine rings is 2. The van der Waals surface area contributed by atoms with Gasteiger partial charge in [0.25, 0.3) is 0 Å². The van der Waals surface area contributed by atoms with Crippen molar-refractivity contribution in [2.45, 2.75) is 97.2 Å². The molecule has 55 heavy (non-hydrogen) atoms. The highest BCUT2D eigenvalue weighted by molar-refractivity contribution is 9.10. The normalized spacial score (nSPS) is 25.0. The van der Waals surface area contributed by atoms with Crippen LogP contribution in [0, 0.1) is 11.8 Å². The quantitative estimate of drug-likeness (QED) is 0.260. The van der Waals surface area contributed by atoms with E-state index in [9.17, 15) is 9.59 Å². The van der Waals surface area contributed by atoms with Gasteiger partial charge in [0, 0.05) is 103 Å². The maximum Gasteiger partial charge on any atom is 0.226 e. The van der Waals surface area contributed by atoms with Crippen molar-refractivity contribution in [3.63, 3.8) is 0 Å². The van der Waals surface area contributed by atoms with Crippen molar-refractivity contribution in [1.82, 2.24) is 34.8 Å². The number of aromatic nitrogens is 1. The van der Waals surface area contributed by atoms with Crippen molar-refractivity contribution in [3.05, 3.63) is 98.7 Å². The summed E-state index contributed by atoms with van der Waals surface area (Å²) in [6.45, 7) is 19.2. The van der Waals surface area contributed by atoms with Crippen LogP contribution in [0.25, 0.3) is 0 Å². The Morgan fingerprint density at radius 3 is 1.55 bits per heavy atom. The second kappa shape index (κ2) is 20.1. The highest BCUT2D eigenvalue weighted by Gasteiger charge is 2.37. The summed E-state index contributed by atoms with van der Waals surface area (Å²) >= 11 is 7.32. The first-order valence-electron chi connectivity index (χ1n) is 20.4. The third-order valence-corrected chi connectivity index (χ3v) is 13.8. The molecule has 1 N–H and O–H groups in total.